The van der Waals surface area contributed by atoms with Crippen LogP contribution in [0, 0.1) is 0 Å². The monoisotopic (exact) mass is 436 g/mol. The molecule has 8 nitrogen and oxygen atoms in total. The van der Waals surface area contributed by atoms with E-state index in [-0.39, 0.29) is 0 Å². The fourth-order valence-electron chi connectivity index (χ4n) is 3.11. The highest BCUT2D eigenvalue weighted by atomic mass is 32.2. The summed E-state index contributed by atoms with van der Waals surface area (Å²) in [5.41, 5.74) is 2.15. The van der Waals surface area contributed by atoms with Gasteiger partial charge in [0.25, 0.3) is 0 Å². The summed E-state index contributed by atoms with van der Waals surface area (Å²) in [5, 5.41) is 13.7. The van der Waals surface area contributed by atoms with Crippen molar-refractivity contribution in [3.8, 4) is 16.9 Å². The second-order valence-corrected chi connectivity index (χ2v) is 7.73. The standard InChI is InChI=1S/C22H24N6O2S/c1-27-21(23-16-24-27)15-31-22-26-25-20(28(22)12-13-29-2)14-30-19-11-7-6-10-18(19)17-8-4-3-5-9-17/h3-11,16H,12-15H2,1-2H3. The van der Waals surface area contributed by atoms with Gasteiger partial charge < -0.3 is 14.0 Å². The van der Waals surface area contributed by atoms with Crippen LogP contribution in [0.3, 0.4) is 0 Å². The minimum absolute atomic E-state index is 0.311. The molecule has 0 aliphatic rings. The zero-order valence-electron chi connectivity index (χ0n) is 17.5. The molecule has 2 aromatic heterocycles. The minimum Gasteiger partial charge on any atom is -0.485 e. The molecule has 0 aliphatic carbocycles. The predicted octanol–water partition coefficient (Wildman–Crippen LogP) is 3.59. The van der Waals surface area contributed by atoms with Crippen molar-refractivity contribution >= 4 is 11.8 Å². The van der Waals surface area contributed by atoms with Gasteiger partial charge in [0.15, 0.2) is 11.0 Å². The number of hydrogen-bond acceptors (Lipinski definition) is 7. The topological polar surface area (TPSA) is 79.9 Å². The molecule has 160 valence electrons. The largest absolute Gasteiger partial charge is 0.485 e. The first-order chi connectivity index (χ1) is 15.3. The number of aryl methyl sites for hydroxylation is 1. The zero-order valence-corrected chi connectivity index (χ0v) is 18.3. The molecule has 0 saturated heterocycles. The van der Waals surface area contributed by atoms with Crippen LogP contribution in [0.25, 0.3) is 11.1 Å². The molecule has 31 heavy (non-hydrogen) atoms. The van der Waals surface area contributed by atoms with E-state index < -0.39 is 0 Å². The van der Waals surface area contributed by atoms with E-state index in [9.17, 15) is 0 Å². The summed E-state index contributed by atoms with van der Waals surface area (Å²) >= 11 is 1.57. The van der Waals surface area contributed by atoms with E-state index in [0.29, 0.717) is 25.5 Å². The SMILES string of the molecule is COCCn1c(COc2ccccc2-c2ccccc2)nnc1SCc1ncnn1C. The van der Waals surface area contributed by atoms with E-state index in [0.717, 1.165) is 33.7 Å². The molecular weight excluding hydrogens is 412 g/mol. The zero-order chi connectivity index (χ0) is 21.5. The highest BCUT2D eigenvalue weighted by Crippen LogP contribution is 2.30. The quantitative estimate of drug-likeness (QED) is 0.352. The van der Waals surface area contributed by atoms with E-state index in [2.05, 4.69) is 38.5 Å². The molecule has 0 radical (unpaired) electrons. The van der Waals surface area contributed by atoms with Crippen LogP contribution < -0.4 is 4.74 Å². The Morgan fingerprint density at radius 1 is 0.968 bits per heavy atom. The molecule has 0 fully saturated rings. The van der Waals surface area contributed by atoms with Gasteiger partial charge in [-0.15, -0.1) is 10.2 Å². The first-order valence-electron chi connectivity index (χ1n) is 9.90. The third-order valence-corrected chi connectivity index (χ3v) is 5.74. The molecule has 9 heteroatoms. The van der Waals surface area contributed by atoms with Gasteiger partial charge in [-0.3, -0.25) is 4.68 Å². The van der Waals surface area contributed by atoms with E-state index >= 15 is 0 Å². The molecule has 4 aromatic rings. The predicted molar refractivity (Wildman–Crippen MR) is 119 cm³/mol. The third-order valence-electron chi connectivity index (χ3n) is 4.78. The van der Waals surface area contributed by atoms with Gasteiger partial charge in [0.1, 0.15) is 24.5 Å². The highest BCUT2D eigenvalue weighted by Gasteiger charge is 2.15. The summed E-state index contributed by atoms with van der Waals surface area (Å²) < 4.78 is 15.3. The van der Waals surface area contributed by atoms with Crippen LogP contribution in [0.5, 0.6) is 5.75 Å². The van der Waals surface area contributed by atoms with E-state index in [4.69, 9.17) is 9.47 Å². The summed E-state index contributed by atoms with van der Waals surface area (Å²) in [7, 11) is 3.56. The van der Waals surface area contributed by atoms with E-state index in [1.807, 2.05) is 48.0 Å². The molecule has 0 N–H and O–H groups in total. The van der Waals surface area contributed by atoms with Gasteiger partial charge in [-0.05, 0) is 11.6 Å². The number of thioether (sulfide) groups is 1. The van der Waals surface area contributed by atoms with Crippen LogP contribution in [0.4, 0.5) is 0 Å². The average Bonchev–Trinajstić information content (AvgIpc) is 3.40. The number of aromatic nitrogens is 6. The van der Waals surface area contributed by atoms with Crippen LogP contribution >= 0.6 is 11.8 Å². The van der Waals surface area contributed by atoms with E-state index in [1.165, 1.54) is 0 Å². The lowest BCUT2D eigenvalue weighted by atomic mass is 10.1. The first kappa shape index (κ1) is 21.1. The van der Waals surface area contributed by atoms with Gasteiger partial charge >= 0.3 is 0 Å². The maximum absolute atomic E-state index is 6.18. The lowest BCUT2D eigenvalue weighted by Gasteiger charge is -2.13. The average molecular weight is 437 g/mol. The van der Waals surface area contributed by atoms with Crippen LogP contribution in [0.2, 0.25) is 0 Å². The Balaban J connectivity index is 1.51. The van der Waals surface area contributed by atoms with Crippen molar-refractivity contribution in [3.63, 3.8) is 0 Å². The molecule has 0 unspecified atom stereocenters. The molecule has 2 aromatic carbocycles. The lowest BCUT2D eigenvalue weighted by Crippen LogP contribution is -2.12. The molecule has 0 amide bonds. The van der Waals surface area contributed by atoms with Crippen LogP contribution in [-0.4, -0.2) is 43.2 Å². The van der Waals surface area contributed by atoms with Crippen LogP contribution in [0.1, 0.15) is 11.6 Å². The number of nitrogens with zero attached hydrogens (tertiary/aromatic N) is 6. The van der Waals surface area contributed by atoms with Crippen molar-refractivity contribution in [2.24, 2.45) is 7.05 Å². The fourth-order valence-corrected chi connectivity index (χ4v) is 4.08. The number of methoxy groups -OCH3 is 1. The number of rotatable bonds is 10. The molecule has 4 rings (SSSR count). The molecule has 0 aliphatic heterocycles. The van der Waals surface area contributed by atoms with Crippen molar-refractivity contribution in [2.45, 2.75) is 24.1 Å². The minimum atomic E-state index is 0.311. The molecule has 0 saturated carbocycles. The van der Waals surface area contributed by atoms with Crippen molar-refractivity contribution in [3.05, 3.63) is 72.6 Å². The van der Waals surface area contributed by atoms with Crippen LogP contribution in [0.15, 0.2) is 66.1 Å². The Morgan fingerprint density at radius 2 is 1.77 bits per heavy atom. The Kier molecular flexibility index (Phi) is 6.96. The smallest absolute Gasteiger partial charge is 0.191 e. The second kappa shape index (κ2) is 10.2. The maximum atomic E-state index is 6.18. The summed E-state index contributed by atoms with van der Waals surface area (Å²) in [6, 6.07) is 18.2. The Labute approximate surface area is 185 Å². The maximum Gasteiger partial charge on any atom is 0.191 e. The van der Waals surface area contributed by atoms with Crippen molar-refractivity contribution in [1.82, 2.24) is 29.5 Å². The molecule has 2 heterocycles. The van der Waals surface area contributed by atoms with E-state index in [1.54, 1.807) is 29.9 Å². The van der Waals surface area contributed by atoms with Gasteiger partial charge in [-0.1, -0.05) is 60.3 Å². The van der Waals surface area contributed by atoms with Gasteiger partial charge in [0.2, 0.25) is 0 Å². The normalized spacial score (nSPS) is 11.0. The summed E-state index contributed by atoms with van der Waals surface area (Å²) in [6.07, 6.45) is 1.55. The molecule has 0 bridgehead atoms. The summed E-state index contributed by atoms with van der Waals surface area (Å²) in [5.74, 6) is 3.09. The van der Waals surface area contributed by atoms with Gasteiger partial charge in [0.05, 0.1) is 12.4 Å². The molecule has 0 atom stereocenters. The van der Waals surface area contributed by atoms with Crippen LogP contribution in [-0.2, 0) is 30.7 Å². The third kappa shape index (κ3) is 5.12. The molecular formula is C22H24N6O2S. The van der Waals surface area contributed by atoms with Gasteiger partial charge in [-0.25, -0.2) is 4.98 Å². The number of benzene rings is 2. The summed E-state index contributed by atoms with van der Waals surface area (Å²) in [6.45, 7) is 1.51. The Bertz CT molecular complexity index is 1110. The first-order valence-corrected chi connectivity index (χ1v) is 10.9. The Morgan fingerprint density at radius 3 is 2.55 bits per heavy atom. The number of hydrogen-bond donors (Lipinski definition) is 0. The van der Waals surface area contributed by atoms with Crippen molar-refractivity contribution < 1.29 is 9.47 Å². The Hall–Kier alpha value is -3.17. The lowest BCUT2D eigenvalue weighted by molar-refractivity contribution is 0.181. The van der Waals surface area contributed by atoms with Gasteiger partial charge in [0, 0.05) is 26.3 Å². The number of ether oxygens (including phenoxy) is 2. The fraction of sp³-hybridized carbons (Fsp3) is 0.273. The van der Waals surface area contributed by atoms with Crippen molar-refractivity contribution in [2.75, 3.05) is 13.7 Å². The second-order valence-electron chi connectivity index (χ2n) is 6.78. The van der Waals surface area contributed by atoms with Gasteiger partial charge in [-0.2, -0.15) is 5.10 Å². The highest BCUT2D eigenvalue weighted by molar-refractivity contribution is 7.98. The number of para-hydroxylation sites is 1. The van der Waals surface area contributed by atoms with Crippen molar-refractivity contribution in [1.29, 1.82) is 0 Å². The summed E-state index contributed by atoms with van der Waals surface area (Å²) in [4.78, 5) is 4.27. The molecule has 0 spiro atoms.